The molecule has 2 amide bonds. The number of fused-ring (bicyclic) bond motifs is 2. The Morgan fingerprint density at radius 2 is 1.81 bits per heavy atom. The number of nitrogens with zero attached hydrogens (tertiary/aromatic N) is 2. The van der Waals surface area contributed by atoms with Gasteiger partial charge in [0.25, 0.3) is 0 Å². The van der Waals surface area contributed by atoms with Gasteiger partial charge in [-0.05, 0) is 32.1 Å². The van der Waals surface area contributed by atoms with E-state index in [9.17, 15) is 19.8 Å². The van der Waals surface area contributed by atoms with Crippen molar-refractivity contribution >= 4 is 23.8 Å². The number of hydrogen-bond acceptors (Lipinski definition) is 4. The molecule has 3 aliphatic rings. The summed E-state index contributed by atoms with van der Waals surface area (Å²) < 4.78 is 0. The summed E-state index contributed by atoms with van der Waals surface area (Å²) in [5, 5.41) is 19.2. The Labute approximate surface area is 128 Å². The van der Waals surface area contributed by atoms with E-state index in [2.05, 4.69) is 0 Å². The molecule has 3 aliphatic heterocycles. The molecule has 0 aliphatic carbocycles. The first-order valence-electron chi connectivity index (χ1n) is 7.66. The minimum absolute atomic E-state index is 0.0511. The molecule has 2 N–H and O–H groups in total. The molecule has 6 nitrogen and oxygen atoms in total. The number of carboxylic acid groups (broad SMARTS) is 1. The minimum Gasteiger partial charge on any atom is -0.480 e. The number of aliphatic hydroxyl groups excluding tert-OH is 1. The van der Waals surface area contributed by atoms with Gasteiger partial charge in [-0.1, -0.05) is 6.92 Å². The molecule has 7 heteroatoms. The van der Waals surface area contributed by atoms with Crippen molar-refractivity contribution in [3.8, 4) is 0 Å². The Balaban J connectivity index is 1.81. The third-order valence-electron chi connectivity index (χ3n) is 4.88. The Morgan fingerprint density at radius 1 is 1.19 bits per heavy atom. The molecule has 3 heterocycles. The Bertz CT molecular complexity index is 433. The van der Waals surface area contributed by atoms with Gasteiger partial charge in [0.1, 0.15) is 6.04 Å². The standard InChI is InChI=1S/C14H22N2O4S/c1-2-12-16(11(7-21-12)13(18)19)14(20)15-8-3-4-9(15)6-10(17)5-8/h8-12,17H,2-7H2,1H3,(H,18,19). The maximum atomic E-state index is 12.9. The Hall–Kier alpha value is -0.950. The van der Waals surface area contributed by atoms with Crippen LogP contribution in [-0.2, 0) is 4.79 Å². The summed E-state index contributed by atoms with van der Waals surface area (Å²) in [6, 6.07) is -0.718. The number of carboxylic acids is 1. The van der Waals surface area contributed by atoms with Crippen LogP contribution in [0.15, 0.2) is 0 Å². The summed E-state index contributed by atoms with van der Waals surface area (Å²) in [6.07, 6.45) is 3.52. The van der Waals surface area contributed by atoms with Crippen molar-refractivity contribution in [2.45, 2.75) is 68.6 Å². The zero-order valence-electron chi connectivity index (χ0n) is 12.1. The second-order valence-corrected chi connectivity index (χ2v) is 7.37. The lowest BCUT2D eigenvalue weighted by Gasteiger charge is -2.41. The van der Waals surface area contributed by atoms with Crippen LogP contribution < -0.4 is 0 Å². The van der Waals surface area contributed by atoms with Gasteiger partial charge in [0.2, 0.25) is 0 Å². The van der Waals surface area contributed by atoms with Crippen molar-refractivity contribution in [3.05, 3.63) is 0 Å². The lowest BCUT2D eigenvalue weighted by molar-refractivity contribution is -0.141. The molecule has 0 spiro atoms. The molecular formula is C14H22N2O4S. The van der Waals surface area contributed by atoms with Crippen LogP contribution in [0.3, 0.4) is 0 Å². The van der Waals surface area contributed by atoms with E-state index in [0.29, 0.717) is 18.6 Å². The SMILES string of the molecule is CCC1SCC(C(=O)O)N1C(=O)N1C2CCC1CC(O)C2. The van der Waals surface area contributed by atoms with Crippen LogP contribution in [0.4, 0.5) is 4.79 Å². The van der Waals surface area contributed by atoms with Crippen molar-refractivity contribution in [2.75, 3.05) is 5.75 Å². The molecule has 0 aromatic heterocycles. The third-order valence-corrected chi connectivity index (χ3v) is 6.33. The summed E-state index contributed by atoms with van der Waals surface area (Å²) in [4.78, 5) is 27.8. The van der Waals surface area contributed by atoms with E-state index in [-0.39, 0.29) is 29.6 Å². The molecule has 0 aromatic rings. The highest BCUT2D eigenvalue weighted by Crippen LogP contribution is 2.39. The number of aliphatic hydroxyl groups is 1. The normalized spacial score (nSPS) is 38.9. The van der Waals surface area contributed by atoms with E-state index in [1.165, 1.54) is 0 Å². The van der Waals surface area contributed by atoms with E-state index in [0.717, 1.165) is 19.3 Å². The van der Waals surface area contributed by atoms with Gasteiger partial charge in [-0.25, -0.2) is 9.59 Å². The molecule has 0 aromatic carbocycles. The van der Waals surface area contributed by atoms with Crippen LogP contribution in [0, 0.1) is 0 Å². The topological polar surface area (TPSA) is 81.1 Å². The molecule has 3 fully saturated rings. The van der Waals surface area contributed by atoms with Gasteiger partial charge in [-0.3, -0.25) is 4.90 Å². The van der Waals surface area contributed by atoms with Gasteiger partial charge in [0, 0.05) is 17.8 Å². The van der Waals surface area contributed by atoms with E-state index < -0.39 is 12.0 Å². The fraction of sp³-hybridized carbons (Fsp3) is 0.857. The van der Waals surface area contributed by atoms with Gasteiger partial charge in [0.15, 0.2) is 0 Å². The summed E-state index contributed by atoms with van der Waals surface area (Å²) >= 11 is 1.55. The molecule has 0 saturated carbocycles. The summed E-state index contributed by atoms with van der Waals surface area (Å²) in [6.45, 7) is 1.98. The minimum atomic E-state index is -0.920. The summed E-state index contributed by atoms with van der Waals surface area (Å²) in [5.41, 5.74) is 0. The molecule has 118 valence electrons. The number of carbonyl (C=O) groups excluding carboxylic acids is 1. The molecule has 3 rings (SSSR count). The number of thioether (sulfide) groups is 1. The zero-order valence-corrected chi connectivity index (χ0v) is 13.0. The van der Waals surface area contributed by atoms with E-state index in [1.54, 1.807) is 16.7 Å². The lowest BCUT2D eigenvalue weighted by atomic mass is 10.0. The van der Waals surface area contributed by atoms with E-state index in [4.69, 9.17) is 0 Å². The fourth-order valence-corrected chi connectivity index (χ4v) is 5.26. The van der Waals surface area contributed by atoms with Gasteiger partial charge < -0.3 is 15.1 Å². The van der Waals surface area contributed by atoms with Crippen LogP contribution in [0.5, 0.6) is 0 Å². The molecule has 4 atom stereocenters. The van der Waals surface area contributed by atoms with E-state index in [1.807, 2.05) is 11.8 Å². The average molecular weight is 314 g/mol. The molecule has 21 heavy (non-hydrogen) atoms. The number of aliphatic carboxylic acids is 1. The number of carbonyl (C=O) groups is 2. The van der Waals surface area contributed by atoms with Crippen LogP contribution in [0.2, 0.25) is 0 Å². The van der Waals surface area contributed by atoms with E-state index >= 15 is 0 Å². The highest BCUT2D eigenvalue weighted by molar-refractivity contribution is 8.00. The molecule has 3 saturated heterocycles. The van der Waals surface area contributed by atoms with Crippen molar-refractivity contribution in [1.82, 2.24) is 9.80 Å². The van der Waals surface area contributed by atoms with Crippen LogP contribution in [0.25, 0.3) is 0 Å². The van der Waals surface area contributed by atoms with Crippen molar-refractivity contribution in [2.24, 2.45) is 0 Å². The molecule has 4 unspecified atom stereocenters. The first kappa shape index (κ1) is 15.0. The second-order valence-electron chi connectivity index (χ2n) is 6.16. The highest BCUT2D eigenvalue weighted by Gasteiger charge is 2.49. The Morgan fingerprint density at radius 3 is 2.33 bits per heavy atom. The smallest absolute Gasteiger partial charge is 0.327 e. The van der Waals surface area contributed by atoms with Gasteiger partial charge >= 0.3 is 12.0 Å². The number of rotatable bonds is 2. The predicted molar refractivity (Wildman–Crippen MR) is 79.1 cm³/mol. The van der Waals surface area contributed by atoms with Crippen molar-refractivity contribution < 1.29 is 19.8 Å². The maximum Gasteiger partial charge on any atom is 0.327 e. The number of amides is 2. The lowest BCUT2D eigenvalue weighted by Crippen LogP contribution is -2.57. The Kier molecular flexibility index (Phi) is 4.05. The number of urea groups is 1. The van der Waals surface area contributed by atoms with Crippen molar-refractivity contribution in [3.63, 3.8) is 0 Å². The first-order chi connectivity index (χ1) is 10.0. The van der Waals surface area contributed by atoms with Crippen molar-refractivity contribution in [1.29, 1.82) is 0 Å². The predicted octanol–water partition coefficient (Wildman–Crippen LogP) is 1.33. The average Bonchev–Trinajstić information content (AvgIpc) is 2.98. The van der Waals surface area contributed by atoms with Crippen LogP contribution >= 0.6 is 11.8 Å². The largest absolute Gasteiger partial charge is 0.480 e. The fourth-order valence-electron chi connectivity index (χ4n) is 3.92. The second kappa shape index (κ2) is 5.68. The molecule has 0 radical (unpaired) electrons. The monoisotopic (exact) mass is 314 g/mol. The van der Waals surface area contributed by atoms with Gasteiger partial charge in [-0.15, -0.1) is 11.8 Å². The van der Waals surface area contributed by atoms with Gasteiger partial charge in [-0.2, -0.15) is 0 Å². The van der Waals surface area contributed by atoms with Gasteiger partial charge in [0.05, 0.1) is 11.5 Å². The number of hydrogen-bond donors (Lipinski definition) is 2. The zero-order chi connectivity index (χ0) is 15.1. The highest BCUT2D eigenvalue weighted by atomic mass is 32.2. The summed E-state index contributed by atoms with van der Waals surface area (Å²) in [5.74, 6) is -0.457. The number of piperidine rings is 1. The molecule has 2 bridgehead atoms. The maximum absolute atomic E-state index is 12.9. The third kappa shape index (κ3) is 2.50. The summed E-state index contributed by atoms with van der Waals surface area (Å²) in [7, 11) is 0. The molecular weight excluding hydrogens is 292 g/mol. The first-order valence-corrected chi connectivity index (χ1v) is 8.70. The quantitative estimate of drug-likeness (QED) is 0.804. The van der Waals surface area contributed by atoms with Crippen LogP contribution in [-0.4, -0.2) is 67.4 Å². The van der Waals surface area contributed by atoms with Crippen LogP contribution in [0.1, 0.15) is 39.0 Å².